The molecule has 0 bridgehead atoms. The number of nitrogens with two attached hydrogens (primary N) is 1. The SMILES string of the molecule is C=C(C)C(=O)OCC(CO)(CO)CO.NOC(=O)CCCCCCCCC(=O)O. The summed E-state index contributed by atoms with van der Waals surface area (Å²) in [5, 5.41) is 35.1. The summed E-state index contributed by atoms with van der Waals surface area (Å²) in [4.78, 5) is 35.8. The Hall–Kier alpha value is -2.01. The third-order valence-electron chi connectivity index (χ3n) is 4.02. The first-order chi connectivity index (χ1) is 13.7. The van der Waals surface area contributed by atoms with Crippen molar-refractivity contribution < 1.29 is 44.4 Å². The number of aliphatic hydroxyl groups excluding tert-OH is 3. The molecule has 170 valence electrons. The normalized spacial score (nSPS) is 10.5. The quantitative estimate of drug-likeness (QED) is 0.109. The van der Waals surface area contributed by atoms with E-state index in [2.05, 4.69) is 17.3 Å². The molecule has 0 aromatic heterocycles. The van der Waals surface area contributed by atoms with Crippen LogP contribution in [-0.2, 0) is 24.0 Å². The highest BCUT2D eigenvalue weighted by Crippen LogP contribution is 2.15. The summed E-state index contributed by atoms with van der Waals surface area (Å²) in [5.74, 6) is 2.96. The van der Waals surface area contributed by atoms with Crippen molar-refractivity contribution in [3.63, 3.8) is 0 Å². The second kappa shape index (κ2) is 18.0. The van der Waals surface area contributed by atoms with Crippen LogP contribution in [0.2, 0.25) is 0 Å². The molecule has 0 aliphatic rings. The smallest absolute Gasteiger partial charge is 0.333 e. The van der Waals surface area contributed by atoms with Gasteiger partial charge in [0.15, 0.2) is 0 Å². The lowest BCUT2D eigenvalue weighted by Crippen LogP contribution is -2.39. The zero-order valence-corrected chi connectivity index (χ0v) is 17.1. The maximum absolute atomic E-state index is 11.0. The zero-order valence-electron chi connectivity index (χ0n) is 17.1. The van der Waals surface area contributed by atoms with E-state index >= 15 is 0 Å². The van der Waals surface area contributed by atoms with E-state index < -0.39 is 37.2 Å². The molecule has 10 heteroatoms. The number of esters is 1. The maximum atomic E-state index is 11.0. The summed E-state index contributed by atoms with van der Waals surface area (Å²) < 4.78 is 4.72. The molecule has 0 radical (unpaired) electrons. The Balaban J connectivity index is 0. The number of ether oxygens (including phenoxy) is 1. The van der Waals surface area contributed by atoms with Gasteiger partial charge >= 0.3 is 17.9 Å². The van der Waals surface area contributed by atoms with Gasteiger partial charge in [-0.3, -0.25) is 9.59 Å². The molecule has 29 heavy (non-hydrogen) atoms. The zero-order chi connectivity index (χ0) is 22.7. The van der Waals surface area contributed by atoms with Crippen molar-refractivity contribution in [2.45, 2.75) is 58.3 Å². The standard InChI is InChI=1S/C10H19NO4.C9H16O5/c11-15-10(14)8-6-4-2-1-3-5-7-9(12)13;1-7(2)8(13)14-6-9(3-10,4-11)5-12/h1-8,11H2,(H,12,13);10-12H,1,3-6H2,2H3. The molecule has 0 heterocycles. The lowest BCUT2D eigenvalue weighted by atomic mass is 9.93. The monoisotopic (exact) mass is 421 g/mol. The van der Waals surface area contributed by atoms with Crippen molar-refractivity contribution in [1.82, 2.24) is 0 Å². The van der Waals surface area contributed by atoms with Crippen LogP contribution in [0.1, 0.15) is 58.3 Å². The summed E-state index contributed by atoms with van der Waals surface area (Å²) in [5.41, 5.74) is -0.946. The molecule has 0 aliphatic carbocycles. The van der Waals surface area contributed by atoms with Gasteiger partial charge in [-0.2, -0.15) is 5.90 Å². The Morgan fingerprint density at radius 2 is 1.34 bits per heavy atom. The summed E-state index contributed by atoms with van der Waals surface area (Å²) in [6.07, 6.45) is 6.08. The van der Waals surface area contributed by atoms with Gasteiger partial charge in [0.25, 0.3) is 0 Å². The summed E-state index contributed by atoms with van der Waals surface area (Å²) in [7, 11) is 0. The van der Waals surface area contributed by atoms with E-state index in [1.54, 1.807) is 0 Å². The van der Waals surface area contributed by atoms with Crippen molar-refractivity contribution in [3.8, 4) is 0 Å². The predicted octanol–water partition coefficient (Wildman–Crippen LogP) is 0.678. The van der Waals surface area contributed by atoms with E-state index in [4.69, 9.17) is 25.2 Å². The first-order valence-electron chi connectivity index (χ1n) is 9.44. The minimum Gasteiger partial charge on any atom is -0.481 e. The van der Waals surface area contributed by atoms with Crippen LogP contribution in [0, 0.1) is 5.41 Å². The molecule has 0 saturated heterocycles. The summed E-state index contributed by atoms with van der Waals surface area (Å²) >= 11 is 0. The van der Waals surface area contributed by atoms with Crippen LogP contribution in [0.4, 0.5) is 0 Å². The molecular weight excluding hydrogens is 386 g/mol. The van der Waals surface area contributed by atoms with Gasteiger partial charge in [0.05, 0.1) is 25.2 Å². The molecule has 0 fully saturated rings. The van der Waals surface area contributed by atoms with E-state index in [0.717, 1.165) is 38.5 Å². The topological polar surface area (TPSA) is 177 Å². The van der Waals surface area contributed by atoms with Gasteiger partial charge in [0.1, 0.15) is 6.61 Å². The van der Waals surface area contributed by atoms with Crippen molar-refractivity contribution in [2.75, 3.05) is 26.4 Å². The minimum absolute atomic E-state index is 0.229. The van der Waals surface area contributed by atoms with Crippen LogP contribution in [0.15, 0.2) is 12.2 Å². The van der Waals surface area contributed by atoms with Gasteiger partial charge in [0.2, 0.25) is 0 Å². The lowest BCUT2D eigenvalue weighted by Gasteiger charge is -2.26. The molecule has 10 nitrogen and oxygen atoms in total. The fourth-order valence-corrected chi connectivity index (χ4v) is 1.94. The second-order valence-corrected chi connectivity index (χ2v) is 6.84. The van der Waals surface area contributed by atoms with Gasteiger partial charge < -0.3 is 30.0 Å². The van der Waals surface area contributed by atoms with Crippen molar-refractivity contribution in [2.24, 2.45) is 11.3 Å². The molecule has 0 saturated carbocycles. The number of carbonyl (C=O) groups excluding carboxylic acids is 2. The summed E-state index contributed by atoms with van der Waals surface area (Å²) in [6, 6.07) is 0. The van der Waals surface area contributed by atoms with E-state index in [1.165, 1.54) is 6.92 Å². The van der Waals surface area contributed by atoms with Crippen LogP contribution in [0.25, 0.3) is 0 Å². The van der Waals surface area contributed by atoms with Gasteiger partial charge in [-0.1, -0.05) is 32.3 Å². The van der Waals surface area contributed by atoms with E-state index in [1.807, 2.05) is 0 Å². The van der Waals surface area contributed by atoms with Gasteiger partial charge in [-0.25, -0.2) is 4.79 Å². The Bertz CT molecular complexity index is 482. The number of hydrogen-bond donors (Lipinski definition) is 5. The Kier molecular flexibility index (Phi) is 18.2. The Labute approximate surface area is 171 Å². The van der Waals surface area contributed by atoms with Crippen molar-refractivity contribution in [1.29, 1.82) is 0 Å². The molecule has 0 amide bonds. The first kappa shape index (κ1) is 29.2. The van der Waals surface area contributed by atoms with Crippen LogP contribution >= 0.6 is 0 Å². The number of unbranched alkanes of at least 4 members (excludes halogenated alkanes) is 5. The Morgan fingerprint density at radius 3 is 1.72 bits per heavy atom. The number of rotatable bonds is 15. The first-order valence-corrected chi connectivity index (χ1v) is 9.44. The number of carboxylic acid groups (broad SMARTS) is 1. The molecule has 6 N–H and O–H groups in total. The van der Waals surface area contributed by atoms with E-state index in [9.17, 15) is 14.4 Å². The molecule has 0 aliphatic heterocycles. The van der Waals surface area contributed by atoms with Crippen LogP contribution < -0.4 is 5.90 Å². The number of carbonyl (C=O) groups is 3. The minimum atomic E-state index is -1.18. The average Bonchev–Trinajstić information content (AvgIpc) is 2.71. The number of hydrogen-bond acceptors (Lipinski definition) is 9. The average molecular weight is 421 g/mol. The molecule has 0 spiro atoms. The number of aliphatic carboxylic acids is 1. The number of carboxylic acids is 1. The second-order valence-electron chi connectivity index (χ2n) is 6.84. The van der Waals surface area contributed by atoms with Crippen LogP contribution in [0.5, 0.6) is 0 Å². The van der Waals surface area contributed by atoms with Crippen molar-refractivity contribution >= 4 is 17.9 Å². The fourth-order valence-electron chi connectivity index (χ4n) is 1.94. The maximum Gasteiger partial charge on any atom is 0.333 e. The van der Waals surface area contributed by atoms with E-state index in [-0.39, 0.29) is 24.6 Å². The highest BCUT2D eigenvalue weighted by Gasteiger charge is 2.30. The van der Waals surface area contributed by atoms with Gasteiger partial charge in [-0.15, -0.1) is 0 Å². The van der Waals surface area contributed by atoms with E-state index in [0.29, 0.717) is 6.42 Å². The molecule has 0 aromatic carbocycles. The fraction of sp³-hybridized carbons (Fsp3) is 0.737. The number of aliphatic hydroxyl groups is 3. The Morgan fingerprint density at radius 1 is 0.897 bits per heavy atom. The molecule has 0 atom stereocenters. The summed E-state index contributed by atoms with van der Waals surface area (Å²) in [6.45, 7) is 3.26. The highest BCUT2D eigenvalue weighted by molar-refractivity contribution is 5.86. The molecule has 0 rings (SSSR count). The third kappa shape index (κ3) is 16.6. The van der Waals surface area contributed by atoms with Crippen LogP contribution in [0.3, 0.4) is 0 Å². The van der Waals surface area contributed by atoms with Crippen LogP contribution in [-0.4, -0.2) is 64.8 Å². The van der Waals surface area contributed by atoms with Crippen molar-refractivity contribution in [3.05, 3.63) is 12.2 Å². The van der Waals surface area contributed by atoms with Gasteiger partial charge in [0, 0.05) is 18.4 Å². The molecule has 0 unspecified atom stereocenters. The molecular formula is C19H35NO9. The predicted molar refractivity (Wildman–Crippen MR) is 104 cm³/mol. The van der Waals surface area contributed by atoms with Gasteiger partial charge in [-0.05, 0) is 19.8 Å². The highest BCUT2D eigenvalue weighted by atomic mass is 16.7. The molecule has 0 aromatic rings. The largest absolute Gasteiger partial charge is 0.481 e. The lowest BCUT2D eigenvalue weighted by molar-refractivity contribution is -0.147. The third-order valence-corrected chi connectivity index (χ3v) is 4.02.